The van der Waals surface area contributed by atoms with Crippen molar-refractivity contribution < 1.29 is 13.5 Å². The minimum atomic E-state index is -3.32. The molecule has 0 atom stereocenters. The molecule has 5 nitrogen and oxygen atoms in total. The van der Waals surface area contributed by atoms with E-state index in [1.165, 1.54) is 0 Å². The molecule has 6 heteroatoms. The maximum Gasteiger partial charge on any atom is 0.229 e. The first kappa shape index (κ1) is 19.3. The molecule has 1 aromatic heterocycles. The Hall–Kier alpha value is -2.47. The number of hydrogen-bond donors (Lipinski definition) is 2. The average molecular weight is 387 g/mol. The lowest BCUT2D eigenvalue weighted by Gasteiger charge is -2.15. The molecule has 0 saturated carbocycles. The van der Waals surface area contributed by atoms with Crippen molar-refractivity contribution in [2.24, 2.45) is 0 Å². The molecular formula is C21H26N2O3S. The van der Waals surface area contributed by atoms with Crippen LogP contribution in [0.5, 0.6) is 5.88 Å². The fourth-order valence-electron chi connectivity index (χ4n) is 3.67. The molecule has 0 aliphatic rings. The highest BCUT2D eigenvalue weighted by atomic mass is 32.2. The fraction of sp³-hybridized carbons (Fsp3) is 0.333. The second-order valence-electron chi connectivity index (χ2n) is 7.04. The highest BCUT2D eigenvalue weighted by molar-refractivity contribution is 7.92. The summed E-state index contributed by atoms with van der Waals surface area (Å²) in [5.41, 5.74) is 3.43. The summed E-state index contributed by atoms with van der Waals surface area (Å²) in [7, 11) is -3.32. The molecule has 3 aromatic rings. The molecule has 0 aliphatic carbocycles. The number of hydrogen-bond acceptors (Lipinski definition) is 3. The average Bonchev–Trinajstić information content (AvgIpc) is 2.92. The Bertz CT molecular complexity index is 1080. The van der Waals surface area contributed by atoms with Crippen LogP contribution in [0.1, 0.15) is 38.3 Å². The van der Waals surface area contributed by atoms with E-state index in [-0.39, 0.29) is 6.04 Å². The van der Waals surface area contributed by atoms with Crippen molar-refractivity contribution in [2.45, 2.75) is 39.7 Å². The van der Waals surface area contributed by atoms with Gasteiger partial charge in [-0.2, -0.15) is 0 Å². The van der Waals surface area contributed by atoms with E-state index in [0.29, 0.717) is 11.6 Å². The van der Waals surface area contributed by atoms with Crippen LogP contribution in [0, 0.1) is 6.92 Å². The summed E-state index contributed by atoms with van der Waals surface area (Å²) in [6.07, 6.45) is 5.06. The van der Waals surface area contributed by atoms with Crippen molar-refractivity contribution in [2.75, 3.05) is 11.0 Å². The maximum atomic E-state index is 11.5. The smallest absolute Gasteiger partial charge is 0.229 e. The summed E-state index contributed by atoms with van der Waals surface area (Å²) in [5.74, 6) is 0.315. The number of nitrogens with one attached hydrogen (secondary N) is 1. The molecule has 0 saturated heterocycles. The molecular weight excluding hydrogens is 360 g/mol. The van der Waals surface area contributed by atoms with Crippen molar-refractivity contribution in [1.29, 1.82) is 0 Å². The molecule has 144 valence electrons. The normalized spacial score (nSPS) is 12.0. The molecule has 3 rings (SSSR count). The van der Waals surface area contributed by atoms with Crippen molar-refractivity contribution >= 4 is 26.5 Å². The number of fused-ring (bicyclic) bond motifs is 1. The van der Waals surface area contributed by atoms with Gasteiger partial charge >= 0.3 is 0 Å². The van der Waals surface area contributed by atoms with Gasteiger partial charge < -0.3 is 9.67 Å². The number of anilines is 1. The third kappa shape index (κ3) is 3.95. The Balaban J connectivity index is 2.10. The third-order valence-corrected chi connectivity index (χ3v) is 5.55. The van der Waals surface area contributed by atoms with Crippen LogP contribution in [-0.2, 0) is 10.0 Å². The van der Waals surface area contributed by atoms with E-state index in [1.807, 2.05) is 48.0 Å². The van der Waals surface area contributed by atoms with E-state index in [2.05, 4.69) is 18.6 Å². The van der Waals surface area contributed by atoms with Gasteiger partial charge in [0, 0.05) is 28.7 Å². The fourth-order valence-corrected chi connectivity index (χ4v) is 4.22. The van der Waals surface area contributed by atoms with Crippen LogP contribution < -0.4 is 4.72 Å². The zero-order valence-corrected chi connectivity index (χ0v) is 17.0. The Morgan fingerprint density at radius 2 is 1.81 bits per heavy atom. The number of rotatable bonds is 6. The van der Waals surface area contributed by atoms with Gasteiger partial charge in [0.15, 0.2) is 5.88 Å². The minimum Gasteiger partial charge on any atom is -0.494 e. The Labute approximate surface area is 160 Å². The molecule has 0 spiro atoms. The molecule has 1 heterocycles. The summed E-state index contributed by atoms with van der Waals surface area (Å²) >= 11 is 0. The molecule has 0 bridgehead atoms. The Morgan fingerprint density at radius 3 is 2.44 bits per heavy atom. The van der Waals surface area contributed by atoms with Crippen LogP contribution in [0.4, 0.5) is 5.69 Å². The predicted octanol–water partition coefficient (Wildman–Crippen LogP) is 5.05. The van der Waals surface area contributed by atoms with E-state index in [0.717, 1.165) is 46.6 Å². The van der Waals surface area contributed by atoms with Gasteiger partial charge in [0.1, 0.15) is 0 Å². The van der Waals surface area contributed by atoms with E-state index in [1.54, 1.807) is 6.07 Å². The largest absolute Gasteiger partial charge is 0.494 e. The topological polar surface area (TPSA) is 71.3 Å². The van der Waals surface area contributed by atoms with Crippen LogP contribution in [0.3, 0.4) is 0 Å². The first-order valence-electron chi connectivity index (χ1n) is 9.15. The number of aromatic nitrogens is 1. The van der Waals surface area contributed by atoms with Gasteiger partial charge in [0.2, 0.25) is 10.0 Å². The lowest BCUT2D eigenvalue weighted by Crippen LogP contribution is -2.09. The minimum absolute atomic E-state index is 0.266. The summed E-state index contributed by atoms with van der Waals surface area (Å²) in [6.45, 7) is 6.23. The second-order valence-corrected chi connectivity index (χ2v) is 8.79. The summed E-state index contributed by atoms with van der Waals surface area (Å²) in [5, 5.41) is 12.6. The van der Waals surface area contributed by atoms with Gasteiger partial charge in [0.05, 0.1) is 6.26 Å². The van der Waals surface area contributed by atoms with E-state index in [9.17, 15) is 13.5 Å². The summed E-state index contributed by atoms with van der Waals surface area (Å²) in [6, 6.07) is 11.7. The van der Waals surface area contributed by atoms with Crippen LogP contribution in [-0.4, -0.2) is 24.3 Å². The number of sulfonamides is 1. The van der Waals surface area contributed by atoms with Crippen molar-refractivity contribution in [3.63, 3.8) is 0 Å². The number of benzene rings is 2. The predicted molar refractivity (Wildman–Crippen MR) is 112 cm³/mol. The van der Waals surface area contributed by atoms with Gasteiger partial charge in [0.25, 0.3) is 0 Å². The lowest BCUT2D eigenvalue weighted by atomic mass is 9.99. The van der Waals surface area contributed by atoms with E-state index in [4.69, 9.17) is 0 Å². The highest BCUT2D eigenvalue weighted by Gasteiger charge is 2.17. The Morgan fingerprint density at radius 1 is 1.11 bits per heavy atom. The molecule has 0 fully saturated rings. The van der Waals surface area contributed by atoms with Crippen molar-refractivity contribution in [1.82, 2.24) is 4.57 Å². The summed E-state index contributed by atoms with van der Waals surface area (Å²) in [4.78, 5) is 0. The van der Waals surface area contributed by atoms with Gasteiger partial charge in [-0.15, -0.1) is 0 Å². The third-order valence-electron chi connectivity index (χ3n) is 4.95. The van der Waals surface area contributed by atoms with E-state index < -0.39 is 10.0 Å². The van der Waals surface area contributed by atoms with E-state index >= 15 is 0 Å². The SMILES string of the molecule is CCC(CC)n1cc2cc(-c3cccc(NS(C)(=O)=O)c3)cc(C)c2c1O. The van der Waals surface area contributed by atoms with Crippen molar-refractivity contribution in [3.8, 4) is 17.0 Å². The number of aromatic hydroxyl groups is 1. The first-order valence-corrected chi connectivity index (χ1v) is 11.0. The molecule has 2 N–H and O–H groups in total. The molecule has 27 heavy (non-hydrogen) atoms. The summed E-state index contributed by atoms with van der Waals surface area (Å²) < 4.78 is 27.5. The van der Waals surface area contributed by atoms with Gasteiger partial charge in [-0.1, -0.05) is 32.0 Å². The van der Waals surface area contributed by atoms with Crippen LogP contribution in [0.2, 0.25) is 0 Å². The van der Waals surface area contributed by atoms with Crippen LogP contribution in [0.25, 0.3) is 21.9 Å². The van der Waals surface area contributed by atoms with Gasteiger partial charge in [-0.05, 0) is 54.7 Å². The molecule has 0 amide bonds. The monoisotopic (exact) mass is 386 g/mol. The van der Waals surface area contributed by atoms with Gasteiger partial charge in [-0.3, -0.25) is 4.72 Å². The number of aryl methyl sites for hydroxylation is 1. The Kier molecular flexibility index (Phi) is 5.20. The van der Waals surface area contributed by atoms with Gasteiger partial charge in [-0.25, -0.2) is 8.42 Å². The quantitative estimate of drug-likeness (QED) is 0.622. The molecule has 0 unspecified atom stereocenters. The molecule has 2 aromatic carbocycles. The zero-order chi connectivity index (χ0) is 19.8. The van der Waals surface area contributed by atoms with Crippen LogP contribution in [0.15, 0.2) is 42.6 Å². The standard InChI is InChI=1S/C21H26N2O3S/c1-5-19(6-2)23-13-17-11-16(10-14(3)20(17)21(23)24)15-8-7-9-18(12-15)22-27(4,25)26/h7-13,19,22,24H,5-6H2,1-4H3. The maximum absolute atomic E-state index is 11.5. The van der Waals surface area contributed by atoms with Crippen molar-refractivity contribution in [3.05, 3.63) is 48.2 Å². The highest BCUT2D eigenvalue weighted by Crippen LogP contribution is 2.37. The number of nitrogens with zero attached hydrogens (tertiary/aromatic N) is 1. The molecule has 0 radical (unpaired) electrons. The first-order chi connectivity index (χ1) is 12.7. The zero-order valence-electron chi connectivity index (χ0n) is 16.2. The van der Waals surface area contributed by atoms with Crippen LogP contribution >= 0.6 is 0 Å². The second kappa shape index (κ2) is 7.27. The molecule has 0 aliphatic heterocycles. The lowest BCUT2D eigenvalue weighted by molar-refractivity contribution is 0.372.